The number of carbonyl (C=O) groups excluding carboxylic acids is 1. The number of aryl methyl sites for hydroxylation is 2. The molecule has 1 aromatic heterocycles. The molecule has 1 unspecified atom stereocenters. The van der Waals surface area contributed by atoms with Gasteiger partial charge in [0.25, 0.3) is 5.91 Å². The summed E-state index contributed by atoms with van der Waals surface area (Å²) in [6, 6.07) is 15.6. The number of hydrogen-bond donors (Lipinski definition) is 2. The lowest BCUT2D eigenvalue weighted by atomic mass is 10.0. The number of benzene rings is 2. The largest absolute Gasteiger partial charge is 0.345 e. The fourth-order valence-corrected chi connectivity index (χ4v) is 3.44. The van der Waals surface area contributed by atoms with Crippen LogP contribution in [0, 0.1) is 19.8 Å². The van der Waals surface area contributed by atoms with Gasteiger partial charge in [-0.15, -0.1) is 0 Å². The van der Waals surface area contributed by atoms with E-state index in [9.17, 15) is 9.59 Å². The van der Waals surface area contributed by atoms with Crippen molar-refractivity contribution in [3.63, 3.8) is 0 Å². The number of amides is 1. The van der Waals surface area contributed by atoms with Crippen molar-refractivity contribution in [2.45, 2.75) is 32.7 Å². The van der Waals surface area contributed by atoms with Gasteiger partial charge in [-0.1, -0.05) is 29.8 Å². The van der Waals surface area contributed by atoms with Crippen LogP contribution in [0.1, 0.15) is 46.1 Å². The van der Waals surface area contributed by atoms with Crippen LogP contribution in [0.4, 0.5) is 0 Å². The average molecular weight is 361 g/mol. The zero-order chi connectivity index (χ0) is 19.0. The summed E-state index contributed by atoms with van der Waals surface area (Å²) < 4.78 is 1.58. The predicted octanol–water partition coefficient (Wildman–Crippen LogP) is 3.66. The van der Waals surface area contributed by atoms with Crippen LogP contribution in [0.5, 0.6) is 0 Å². The van der Waals surface area contributed by atoms with Crippen LogP contribution >= 0.6 is 0 Å². The van der Waals surface area contributed by atoms with E-state index in [1.54, 1.807) is 35.0 Å². The summed E-state index contributed by atoms with van der Waals surface area (Å²) in [5.41, 5.74) is 4.35. The highest BCUT2D eigenvalue weighted by molar-refractivity contribution is 5.94. The molecule has 1 saturated carbocycles. The van der Waals surface area contributed by atoms with Crippen LogP contribution < -0.4 is 11.0 Å². The summed E-state index contributed by atoms with van der Waals surface area (Å²) >= 11 is 0. The van der Waals surface area contributed by atoms with Gasteiger partial charge in [-0.05, 0) is 62.4 Å². The van der Waals surface area contributed by atoms with E-state index in [-0.39, 0.29) is 17.6 Å². The van der Waals surface area contributed by atoms with Crippen molar-refractivity contribution in [1.82, 2.24) is 14.9 Å². The molecular formula is C22H23N3O2. The third kappa shape index (κ3) is 3.58. The first kappa shape index (κ1) is 17.3. The minimum Gasteiger partial charge on any atom is -0.345 e. The van der Waals surface area contributed by atoms with Crippen molar-refractivity contribution >= 4 is 5.91 Å². The molecule has 0 bridgehead atoms. The van der Waals surface area contributed by atoms with Crippen LogP contribution in [0.2, 0.25) is 0 Å². The molecule has 138 valence electrons. The maximum Gasteiger partial charge on any atom is 0.330 e. The quantitative estimate of drug-likeness (QED) is 0.728. The fraction of sp³-hybridized carbons (Fsp3) is 0.273. The molecule has 0 aliphatic heterocycles. The monoisotopic (exact) mass is 361 g/mol. The lowest BCUT2D eigenvalue weighted by molar-refractivity contribution is 0.0931. The van der Waals surface area contributed by atoms with E-state index in [1.807, 2.05) is 6.92 Å². The Kier molecular flexibility index (Phi) is 4.44. The minimum absolute atomic E-state index is 0.0484. The molecule has 2 N–H and O–H groups in total. The number of nitrogens with zero attached hydrogens (tertiary/aromatic N) is 1. The highest BCUT2D eigenvalue weighted by Gasteiger charge is 2.33. The second-order valence-electron chi connectivity index (χ2n) is 7.32. The van der Waals surface area contributed by atoms with Gasteiger partial charge in [-0.2, -0.15) is 0 Å². The summed E-state index contributed by atoms with van der Waals surface area (Å²) in [5.74, 6) is 0.425. The Morgan fingerprint density at radius 1 is 1.07 bits per heavy atom. The summed E-state index contributed by atoms with van der Waals surface area (Å²) in [6.07, 6.45) is 3.96. The van der Waals surface area contributed by atoms with Crippen molar-refractivity contribution in [2.24, 2.45) is 5.92 Å². The summed E-state index contributed by atoms with van der Waals surface area (Å²) in [7, 11) is 0. The number of imidazole rings is 1. The van der Waals surface area contributed by atoms with Gasteiger partial charge >= 0.3 is 5.69 Å². The third-order valence-electron chi connectivity index (χ3n) is 5.16. The fourth-order valence-electron chi connectivity index (χ4n) is 3.44. The molecule has 1 atom stereocenters. The van der Waals surface area contributed by atoms with Crippen molar-refractivity contribution in [3.05, 3.63) is 87.6 Å². The van der Waals surface area contributed by atoms with Crippen LogP contribution in [-0.2, 0) is 0 Å². The Morgan fingerprint density at radius 3 is 2.30 bits per heavy atom. The van der Waals surface area contributed by atoms with Gasteiger partial charge in [0.1, 0.15) is 0 Å². The van der Waals surface area contributed by atoms with Gasteiger partial charge in [-0.3, -0.25) is 9.36 Å². The predicted molar refractivity (Wildman–Crippen MR) is 105 cm³/mol. The highest BCUT2D eigenvalue weighted by atomic mass is 16.2. The summed E-state index contributed by atoms with van der Waals surface area (Å²) in [4.78, 5) is 27.3. The lowest BCUT2D eigenvalue weighted by Crippen LogP contribution is -2.30. The Morgan fingerprint density at radius 2 is 1.74 bits per heavy atom. The molecule has 0 radical (unpaired) electrons. The van der Waals surface area contributed by atoms with E-state index in [0.29, 0.717) is 11.5 Å². The number of aromatic nitrogens is 2. The SMILES string of the molecule is Cc1ccc(C(NC(=O)c2ccc(-n3c(C)c[nH]c3=O)cc2)C2CC2)cc1. The topological polar surface area (TPSA) is 66.9 Å². The summed E-state index contributed by atoms with van der Waals surface area (Å²) in [6.45, 7) is 3.92. The Hall–Kier alpha value is -3.08. The number of aromatic amines is 1. The number of H-pyrrole nitrogens is 1. The smallest absolute Gasteiger partial charge is 0.330 e. The Bertz CT molecular complexity index is 1010. The van der Waals surface area contributed by atoms with Crippen molar-refractivity contribution in [1.29, 1.82) is 0 Å². The highest BCUT2D eigenvalue weighted by Crippen LogP contribution is 2.41. The molecule has 5 nitrogen and oxygen atoms in total. The van der Waals surface area contributed by atoms with Crippen molar-refractivity contribution in [2.75, 3.05) is 0 Å². The zero-order valence-corrected chi connectivity index (χ0v) is 15.5. The van der Waals surface area contributed by atoms with Crippen LogP contribution in [-0.4, -0.2) is 15.5 Å². The van der Waals surface area contributed by atoms with Gasteiger partial charge in [0.05, 0.1) is 11.7 Å². The molecule has 27 heavy (non-hydrogen) atoms. The lowest BCUT2D eigenvalue weighted by Gasteiger charge is -2.19. The molecular weight excluding hydrogens is 338 g/mol. The number of carbonyl (C=O) groups is 1. The van der Waals surface area contributed by atoms with E-state index < -0.39 is 0 Å². The van der Waals surface area contributed by atoms with Gasteiger partial charge in [-0.25, -0.2) is 4.79 Å². The maximum absolute atomic E-state index is 12.8. The molecule has 1 fully saturated rings. The molecule has 4 rings (SSSR count). The van der Waals surface area contributed by atoms with Crippen LogP contribution in [0.25, 0.3) is 5.69 Å². The van der Waals surface area contributed by atoms with Gasteiger partial charge in [0, 0.05) is 17.5 Å². The van der Waals surface area contributed by atoms with E-state index >= 15 is 0 Å². The van der Waals surface area contributed by atoms with Crippen LogP contribution in [0.3, 0.4) is 0 Å². The maximum atomic E-state index is 12.8. The number of rotatable bonds is 5. The molecule has 5 heteroatoms. The number of nitrogens with one attached hydrogen (secondary N) is 2. The molecule has 1 aliphatic rings. The van der Waals surface area contributed by atoms with Gasteiger partial charge in [0.2, 0.25) is 0 Å². The molecule has 2 aromatic carbocycles. The summed E-state index contributed by atoms with van der Waals surface area (Å²) in [5, 5.41) is 3.19. The Labute approximate surface area is 158 Å². The van der Waals surface area contributed by atoms with E-state index in [2.05, 4.69) is 41.5 Å². The first-order valence-corrected chi connectivity index (χ1v) is 9.28. The third-order valence-corrected chi connectivity index (χ3v) is 5.16. The van der Waals surface area contributed by atoms with E-state index in [1.165, 1.54) is 5.56 Å². The first-order chi connectivity index (χ1) is 13.0. The second-order valence-corrected chi connectivity index (χ2v) is 7.32. The van der Waals surface area contributed by atoms with Crippen LogP contribution in [0.15, 0.2) is 59.5 Å². The molecule has 0 spiro atoms. The van der Waals surface area contributed by atoms with Gasteiger partial charge < -0.3 is 10.3 Å². The van der Waals surface area contributed by atoms with E-state index in [0.717, 1.165) is 29.8 Å². The van der Waals surface area contributed by atoms with Crippen molar-refractivity contribution in [3.8, 4) is 5.69 Å². The molecule has 1 aliphatic carbocycles. The zero-order valence-electron chi connectivity index (χ0n) is 15.5. The van der Waals surface area contributed by atoms with Gasteiger partial charge in [0.15, 0.2) is 0 Å². The molecule has 1 amide bonds. The molecule has 0 saturated heterocycles. The minimum atomic E-state index is -0.183. The standard InChI is InChI=1S/C22H23N3O2/c1-14-3-5-16(6-4-14)20(17-7-8-17)24-21(26)18-9-11-19(12-10-18)25-15(2)13-23-22(25)27/h3-6,9-13,17,20H,7-8H2,1-2H3,(H,23,27)(H,24,26). The number of hydrogen-bond acceptors (Lipinski definition) is 2. The molecule has 3 aromatic rings. The first-order valence-electron chi connectivity index (χ1n) is 9.28. The normalized spacial score (nSPS) is 14.7. The Balaban J connectivity index is 1.53. The van der Waals surface area contributed by atoms with Crippen molar-refractivity contribution < 1.29 is 4.79 Å². The second kappa shape index (κ2) is 6.91. The average Bonchev–Trinajstić information content (AvgIpc) is 3.45. The molecule has 1 heterocycles. The van der Waals surface area contributed by atoms with E-state index in [4.69, 9.17) is 0 Å².